The van der Waals surface area contributed by atoms with Gasteiger partial charge in [0.2, 0.25) is 0 Å². The Labute approximate surface area is 453 Å². The maximum atomic E-state index is 2.97. The van der Waals surface area contributed by atoms with Gasteiger partial charge in [0.25, 0.3) is 6.71 Å². The third-order valence-electron chi connectivity index (χ3n) is 21.3. The predicted molar refractivity (Wildman–Crippen MR) is 326 cm³/mol. The zero-order valence-corrected chi connectivity index (χ0v) is 49.0. The Morgan fingerprint density at radius 2 is 1.05 bits per heavy atom. The average Bonchev–Trinajstić information content (AvgIpc) is 3.97. The summed E-state index contributed by atoms with van der Waals surface area (Å²) < 4.78 is 4.14. The van der Waals surface area contributed by atoms with E-state index in [0.29, 0.717) is 0 Å². The lowest BCUT2D eigenvalue weighted by atomic mass is 9.33. The first kappa shape index (κ1) is 48.1. The van der Waals surface area contributed by atoms with Crippen molar-refractivity contribution in [3.05, 3.63) is 136 Å². The van der Waals surface area contributed by atoms with Crippen LogP contribution >= 0.6 is 11.3 Å². The molecule has 1 saturated carbocycles. The Morgan fingerprint density at radius 3 is 1.67 bits per heavy atom. The molecule has 6 aliphatic rings. The van der Waals surface area contributed by atoms with Crippen molar-refractivity contribution >= 4 is 94.1 Å². The SMILES string of the molecule is CC(C)(C)c1cc2c3c(c1)C1(C)CCCCC1(C)N3c1cc(N(c3ccc4c(c3)C(C)(C)CCC4(C)C)c3ccc4c(c3)C(C)(C)CCC4(C)C)cc3c1B2c1cc(C(C)(C)C)cc2c4c5ccccc5sc4n-3c12. The predicted octanol–water partition coefficient (Wildman–Crippen LogP) is 17.6. The number of aromatic nitrogens is 1. The van der Waals surface area contributed by atoms with Crippen LogP contribution in [0.25, 0.3) is 36.9 Å². The molecule has 2 aromatic heterocycles. The molecule has 384 valence electrons. The van der Waals surface area contributed by atoms with Gasteiger partial charge < -0.3 is 14.4 Å². The molecule has 75 heavy (non-hydrogen) atoms. The minimum atomic E-state index is -0.115. The fraction of sp³-hybridized carbons (Fsp3) is 0.457. The Balaban J connectivity index is 1.16. The van der Waals surface area contributed by atoms with E-state index in [2.05, 4.69) is 222 Å². The lowest BCUT2D eigenvalue weighted by Gasteiger charge is -2.52. The number of benzene rings is 6. The van der Waals surface area contributed by atoms with Crippen molar-refractivity contribution in [2.45, 2.75) is 206 Å². The van der Waals surface area contributed by atoms with Gasteiger partial charge >= 0.3 is 0 Å². The van der Waals surface area contributed by atoms with Crippen LogP contribution in [0.5, 0.6) is 0 Å². The highest BCUT2D eigenvalue weighted by Gasteiger charge is 2.62. The van der Waals surface area contributed by atoms with E-state index in [1.54, 1.807) is 5.56 Å². The van der Waals surface area contributed by atoms with Crippen molar-refractivity contribution in [1.82, 2.24) is 4.57 Å². The Kier molecular flexibility index (Phi) is 9.53. The molecule has 3 aliphatic heterocycles. The van der Waals surface area contributed by atoms with Crippen molar-refractivity contribution in [2.24, 2.45) is 0 Å². The summed E-state index contributed by atoms with van der Waals surface area (Å²) in [5.41, 5.74) is 24.5. The summed E-state index contributed by atoms with van der Waals surface area (Å²) in [6, 6.07) is 40.5. The molecule has 0 saturated heterocycles. The van der Waals surface area contributed by atoms with E-state index in [9.17, 15) is 0 Å². The van der Waals surface area contributed by atoms with Gasteiger partial charge in [0, 0.05) is 54.7 Å². The largest absolute Gasteiger partial charge is 0.335 e. The maximum Gasteiger partial charge on any atom is 0.252 e. The average molecular weight is 1010 g/mol. The lowest BCUT2D eigenvalue weighted by molar-refractivity contribution is 0.195. The zero-order chi connectivity index (χ0) is 52.7. The normalized spacial score (nSPS) is 23.3. The highest BCUT2D eigenvalue weighted by atomic mass is 32.1. The summed E-state index contributed by atoms with van der Waals surface area (Å²) in [5.74, 6) is 0. The Bertz CT molecular complexity index is 3740. The fourth-order valence-electron chi connectivity index (χ4n) is 16.2. The van der Waals surface area contributed by atoms with Crippen molar-refractivity contribution < 1.29 is 0 Å². The number of rotatable bonds is 3. The van der Waals surface area contributed by atoms with Crippen LogP contribution in [-0.2, 0) is 37.9 Å². The number of hydrogen-bond donors (Lipinski definition) is 0. The molecule has 14 rings (SSSR count). The number of nitrogens with zero attached hydrogens (tertiary/aromatic N) is 3. The van der Waals surface area contributed by atoms with Gasteiger partial charge in [0.15, 0.2) is 0 Å². The van der Waals surface area contributed by atoms with Crippen molar-refractivity contribution in [3.8, 4) is 5.69 Å². The van der Waals surface area contributed by atoms with Gasteiger partial charge in [-0.2, -0.15) is 0 Å². The molecule has 2 atom stereocenters. The van der Waals surface area contributed by atoms with Gasteiger partial charge in [-0.25, -0.2) is 0 Å². The maximum absolute atomic E-state index is 2.97. The standard InChI is InChI=1S/C70H80BN3S/c1-63(2,3)41-33-47-58-46-21-17-18-22-57(46)75-62(58)73-55-39-45(72(43-23-25-48-50(37-43)67(11,12)31-29-65(48,7)8)44-24-26-49-51(38-44)68(13,14)32-30-66(49,9)10)40-56-59(55)71(53(35-41)60(47)73)54-36-42(64(4,5)6)34-52-61(54)74(56)70(16)28-20-19-27-69(52,70)15/h17-18,21-26,33-40H,19-20,27-32H2,1-16H3. The Hall–Kier alpha value is -5.26. The van der Waals surface area contributed by atoms with Crippen molar-refractivity contribution in [1.29, 1.82) is 0 Å². The molecular weight excluding hydrogens is 926 g/mol. The quantitative estimate of drug-likeness (QED) is 0.163. The number of hydrogen-bond acceptors (Lipinski definition) is 3. The molecule has 5 heterocycles. The third kappa shape index (κ3) is 6.34. The highest BCUT2D eigenvalue weighted by Crippen LogP contribution is 2.63. The minimum absolute atomic E-state index is 0.00978. The van der Waals surface area contributed by atoms with E-state index >= 15 is 0 Å². The molecule has 1 fully saturated rings. The molecule has 0 spiro atoms. The minimum Gasteiger partial charge on any atom is -0.335 e. The van der Waals surface area contributed by atoms with Gasteiger partial charge in [-0.1, -0.05) is 165 Å². The summed E-state index contributed by atoms with van der Waals surface area (Å²) in [6.07, 6.45) is 9.64. The van der Waals surface area contributed by atoms with Crippen molar-refractivity contribution in [3.63, 3.8) is 0 Å². The van der Waals surface area contributed by atoms with Gasteiger partial charge in [-0.3, -0.25) is 0 Å². The summed E-state index contributed by atoms with van der Waals surface area (Å²) in [6.45, 7) is 39.8. The van der Waals surface area contributed by atoms with Crippen LogP contribution in [-0.4, -0.2) is 16.8 Å². The third-order valence-corrected chi connectivity index (χ3v) is 22.5. The van der Waals surface area contributed by atoms with Crippen LogP contribution < -0.4 is 26.2 Å². The lowest BCUT2D eigenvalue weighted by Crippen LogP contribution is -2.64. The van der Waals surface area contributed by atoms with Crippen LogP contribution in [0.4, 0.5) is 28.4 Å². The zero-order valence-electron chi connectivity index (χ0n) is 48.2. The molecule has 2 unspecified atom stereocenters. The smallest absolute Gasteiger partial charge is 0.252 e. The highest BCUT2D eigenvalue weighted by molar-refractivity contribution is 7.26. The molecule has 0 N–H and O–H groups in total. The Morgan fingerprint density at radius 1 is 0.507 bits per heavy atom. The molecule has 0 amide bonds. The fourth-order valence-corrected chi connectivity index (χ4v) is 17.4. The van der Waals surface area contributed by atoms with Crippen LogP contribution in [0.1, 0.15) is 201 Å². The number of anilines is 5. The van der Waals surface area contributed by atoms with E-state index in [-0.39, 0.29) is 50.2 Å². The first-order valence-corrected chi connectivity index (χ1v) is 29.7. The summed E-state index contributed by atoms with van der Waals surface area (Å²) in [4.78, 5) is 7.04. The molecule has 6 aromatic carbocycles. The molecular formula is C70H80BN3S. The first-order chi connectivity index (χ1) is 35.1. The van der Waals surface area contributed by atoms with E-state index in [4.69, 9.17) is 0 Å². The van der Waals surface area contributed by atoms with Gasteiger partial charge in [-0.05, 0) is 182 Å². The monoisotopic (exact) mass is 1010 g/mol. The van der Waals surface area contributed by atoms with Gasteiger partial charge in [0.05, 0.1) is 16.7 Å². The van der Waals surface area contributed by atoms with E-state index < -0.39 is 0 Å². The summed E-state index contributed by atoms with van der Waals surface area (Å²) >= 11 is 1.99. The molecule has 0 bridgehead atoms. The van der Waals surface area contributed by atoms with Gasteiger partial charge in [-0.15, -0.1) is 11.3 Å². The van der Waals surface area contributed by atoms with E-state index in [1.165, 1.54) is 166 Å². The molecule has 0 radical (unpaired) electrons. The topological polar surface area (TPSA) is 11.4 Å². The first-order valence-electron chi connectivity index (χ1n) is 28.9. The van der Waals surface area contributed by atoms with Gasteiger partial charge in [0.1, 0.15) is 4.83 Å². The molecule has 3 aliphatic carbocycles. The number of thiophene rings is 1. The molecule has 5 heteroatoms. The molecule has 3 nitrogen and oxygen atoms in total. The van der Waals surface area contributed by atoms with Crippen LogP contribution in [0, 0.1) is 0 Å². The second-order valence-corrected chi connectivity index (χ2v) is 30.9. The van der Waals surface area contributed by atoms with Crippen molar-refractivity contribution in [2.75, 3.05) is 9.80 Å². The van der Waals surface area contributed by atoms with Crippen LogP contribution in [0.15, 0.2) is 97.1 Å². The van der Waals surface area contributed by atoms with Crippen LogP contribution in [0.3, 0.4) is 0 Å². The van der Waals surface area contributed by atoms with Crippen LogP contribution in [0.2, 0.25) is 0 Å². The second-order valence-electron chi connectivity index (χ2n) is 29.8. The molecule has 8 aromatic rings. The summed E-state index contributed by atoms with van der Waals surface area (Å²) in [5, 5.41) is 4.18. The summed E-state index contributed by atoms with van der Waals surface area (Å²) in [7, 11) is 0. The number of fused-ring (bicyclic) bond motifs is 14. The van der Waals surface area contributed by atoms with E-state index in [1.807, 2.05) is 11.3 Å². The second kappa shape index (κ2) is 14.9. The van der Waals surface area contributed by atoms with E-state index in [0.717, 1.165) is 0 Å².